The zero-order valence-corrected chi connectivity index (χ0v) is 19.7. The summed E-state index contributed by atoms with van der Waals surface area (Å²) >= 11 is 0. The van der Waals surface area contributed by atoms with Crippen molar-refractivity contribution in [3.8, 4) is 6.07 Å². The fraction of sp³-hybridized carbons (Fsp3) is 0.241. The van der Waals surface area contributed by atoms with E-state index >= 15 is 0 Å². The average molecular weight is 451 g/mol. The Bertz CT molecular complexity index is 1150. The van der Waals surface area contributed by atoms with E-state index in [9.17, 15) is 10.1 Å². The Kier molecular flexibility index (Phi) is 7.41. The Labute approximate surface area is 201 Å². The summed E-state index contributed by atoms with van der Waals surface area (Å²) < 4.78 is 0. The molecule has 0 aliphatic carbocycles. The van der Waals surface area contributed by atoms with Crippen LogP contribution < -0.4 is 5.32 Å². The van der Waals surface area contributed by atoms with Crippen LogP contribution in [0.1, 0.15) is 28.3 Å². The quantitative estimate of drug-likeness (QED) is 0.421. The minimum absolute atomic E-state index is 0.121. The maximum atomic E-state index is 13.1. The number of benzene rings is 3. The molecule has 1 heterocycles. The number of hydrogen-bond donors (Lipinski definition) is 1. The van der Waals surface area contributed by atoms with Crippen LogP contribution in [0, 0.1) is 25.2 Å². The highest BCUT2D eigenvalue weighted by Crippen LogP contribution is 2.29. The van der Waals surface area contributed by atoms with Crippen LogP contribution in [0.25, 0.3) is 0 Å². The minimum Gasteiger partial charge on any atom is -0.360 e. The van der Waals surface area contributed by atoms with Crippen molar-refractivity contribution in [2.24, 2.45) is 0 Å². The van der Waals surface area contributed by atoms with Gasteiger partial charge >= 0.3 is 0 Å². The van der Waals surface area contributed by atoms with Gasteiger partial charge in [0.1, 0.15) is 11.6 Å². The molecule has 0 bridgehead atoms. The maximum absolute atomic E-state index is 13.1. The lowest BCUT2D eigenvalue weighted by atomic mass is 9.96. The van der Waals surface area contributed by atoms with E-state index in [0.29, 0.717) is 13.1 Å². The zero-order valence-electron chi connectivity index (χ0n) is 19.7. The Morgan fingerprint density at radius 2 is 1.50 bits per heavy atom. The number of rotatable bonds is 6. The molecule has 1 amide bonds. The van der Waals surface area contributed by atoms with Crippen molar-refractivity contribution in [3.63, 3.8) is 0 Å². The van der Waals surface area contributed by atoms with E-state index < -0.39 is 0 Å². The lowest BCUT2D eigenvalue weighted by molar-refractivity contribution is -0.128. The molecule has 3 aromatic rings. The summed E-state index contributed by atoms with van der Waals surface area (Å²) in [5.74, 6) is -0.226. The molecule has 1 saturated heterocycles. The number of hydrogen-bond acceptors (Lipinski definition) is 4. The van der Waals surface area contributed by atoms with Gasteiger partial charge in [0, 0.05) is 38.1 Å². The van der Waals surface area contributed by atoms with Crippen LogP contribution in [0.2, 0.25) is 0 Å². The number of aryl methyl sites for hydroxylation is 2. The van der Waals surface area contributed by atoms with Crippen LogP contribution in [0.5, 0.6) is 0 Å². The summed E-state index contributed by atoms with van der Waals surface area (Å²) in [5.41, 5.74) is 5.74. The van der Waals surface area contributed by atoms with Gasteiger partial charge in [-0.15, -0.1) is 0 Å². The van der Waals surface area contributed by atoms with Crippen molar-refractivity contribution < 1.29 is 4.79 Å². The molecule has 0 spiro atoms. The van der Waals surface area contributed by atoms with Crippen molar-refractivity contribution >= 4 is 11.6 Å². The number of nitrogens with one attached hydrogen (secondary N) is 1. The normalized spacial score (nSPS) is 14.6. The van der Waals surface area contributed by atoms with Crippen molar-refractivity contribution in [1.29, 1.82) is 5.26 Å². The van der Waals surface area contributed by atoms with Gasteiger partial charge in [-0.25, -0.2) is 0 Å². The van der Waals surface area contributed by atoms with Crippen molar-refractivity contribution in [3.05, 3.63) is 113 Å². The van der Waals surface area contributed by atoms with Gasteiger partial charge in [0.05, 0.1) is 6.04 Å². The molecule has 5 nitrogen and oxygen atoms in total. The third kappa shape index (κ3) is 5.36. The molecule has 1 fully saturated rings. The monoisotopic (exact) mass is 450 g/mol. The van der Waals surface area contributed by atoms with Crippen molar-refractivity contribution in [2.45, 2.75) is 19.9 Å². The highest BCUT2D eigenvalue weighted by Gasteiger charge is 2.29. The number of nitriles is 1. The highest BCUT2D eigenvalue weighted by atomic mass is 16.2. The van der Waals surface area contributed by atoms with Gasteiger partial charge in [0.15, 0.2) is 0 Å². The Morgan fingerprint density at radius 1 is 0.912 bits per heavy atom. The first-order valence-electron chi connectivity index (χ1n) is 11.6. The summed E-state index contributed by atoms with van der Waals surface area (Å²) in [6.45, 7) is 6.69. The van der Waals surface area contributed by atoms with Gasteiger partial charge in [-0.3, -0.25) is 9.69 Å². The summed E-state index contributed by atoms with van der Waals surface area (Å²) in [5, 5.41) is 12.8. The van der Waals surface area contributed by atoms with Crippen LogP contribution in [-0.2, 0) is 4.79 Å². The summed E-state index contributed by atoms with van der Waals surface area (Å²) in [6, 6.07) is 29.2. The van der Waals surface area contributed by atoms with Gasteiger partial charge in [0.25, 0.3) is 5.91 Å². The molecular formula is C29H30N4O. The van der Waals surface area contributed by atoms with Crippen LogP contribution in [-0.4, -0.2) is 41.9 Å². The first kappa shape index (κ1) is 23.3. The highest BCUT2D eigenvalue weighted by molar-refractivity contribution is 5.97. The second kappa shape index (κ2) is 10.8. The van der Waals surface area contributed by atoms with Crippen LogP contribution in [0.4, 0.5) is 5.69 Å². The fourth-order valence-corrected chi connectivity index (χ4v) is 4.51. The SMILES string of the molecule is Cc1ccc(N/C=C(/C#N)C(=O)N2CCN(C(c3ccccc3)c3ccccc3)CC2)c(C)c1. The second-order valence-corrected chi connectivity index (χ2v) is 8.68. The van der Waals surface area contributed by atoms with Gasteiger partial charge in [-0.1, -0.05) is 78.4 Å². The number of piperazine rings is 1. The Balaban J connectivity index is 1.45. The third-order valence-corrected chi connectivity index (χ3v) is 6.30. The molecule has 0 radical (unpaired) electrons. The zero-order chi connectivity index (χ0) is 23.9. The van der Waals surface area contributed by atoms with Crippen molar-refractivity contribution in [2.75, 3.05) is 31.5 Å². The molecule has 1 aliphatic heterocycles. The minimum atomic E-state index is -0.226. The first-order valence-corrected chi connectivity index (χ1v) is 11.6. The summed E-state index contributed by atoms with van der Waals surface area (Å²) in [7, 11) is 0. The Hall–Kier alpha value is -3.88. The van der Waals surface area contributed by atoms with E-state index in [0.717, 1.165) is 24.3 Å². The number of nitrogens with zero attached hydrogens (tertiary/aromatic N) is 3. The molecule has 172 valence electrons. The standard InChI is InChI=1S/C29H30N4O/c1-22-13-14-27(23(2)19-22)31-21-26(20-30)29(34)33-17-15-32(16-18-33)28(24-9-5-3-6-10-24)25-11-7-4-8-12-25/h3-14,19,21,28,31H,15-18H2,1-2H3/b26-21-. The first-order chi connectivity index (χ1) is 16.6. The molecular weight excluding hydrogens is 420 g/mol. The smallest absolute Gasteiger partial charge is 0.266 e. The molecule has 0 unspecified atom stereocenters. The van der Waals surface area contributed by atoms with E-state index in [2.05, 4.69) is 70.9 Å². The largest absolute Gasteiger partial charge is 0.360 e. The molecule has 1 N–H and O–H groups in total. The summed E-state index contributed by atoms with van der Waals surface area (Å²) in [6.07, 6.45) is 1.53. The average Bonchev–Trinajstić information content (AvgIpc) is 2.87. The van der Waals surface area contributed by atoms with E-state index in [1.165, 1.54) is 22.9 Å². The van der Waals surface area contributed by atoms with E-state index in [4.69, 9.17) is 0 Å². The van der Waals surface area contributed by atoms with E-state index in [1.807, 2.05) is 38.1 Å². The van der Waals surface area contributed by atoms with Gasteiger partial charge in [-0.2, -0.15) is 5.26 Å². The van der Waals surface area contributed by atoms with Crippen LogP contribution in [0.15, 0.2) is 90.6 Å². The number of amides is 1. The van der Waals surface area contributed by atoms with E-state index in [-0.39, 0.29) is 17.5 Å². The summed E-state index contributed by atoms with van der Waals surface area (Å²) in [4.78, 5) is 17.3. The van der Waals surface area contributed by atoms with Gasteiger partial charge < -0.3 is 10.2 Å². The van der Waals surface area contributed by atoms with E-state index in [1.54, 1.807) is 4.90 Å². The number of anilines is 1. The molecule has 5 heteroatoms. The topological polar surface area (TPSA) is 59.4 Å². The lowest BCUT2D eigenvalue weighted by Crippen LogP contribution is -2.50. The number of carbonyl (C=O) groups is 1. The molecule has 34 heavy (non-hydrogen) atoms. The predicted molar refractivity (Wildman–Crippen MR) is 136 cm³/mol. The maximum Gasteiger partial charge on any atom is 0.266 e. The Morgan fingerprint density at radius 3 is 2.03 bits per heavy atom. The molecule has 0 saturated carbocycles. The third-order valence-electron chi connectivity index (χ3n) is 6.30. The lowest BCUT2D eigenvalue weighted by Gasteiger charge is -2.39. The van der Waals surface area contributed by atoms with Crippen molar-refractivity contribution in [1.82, 2.24) is 9.80 Å². The molecule has 0 aromatic heterocycles. The van der Waals surface area contributed by atoms with Crippen LogP contribution >= 0.6 is 0 Å². The van der Waals surface area contributed by atoms with Gasteiger partial charge in [0.2, 0.25) is 0 Å². The van der Waals surface area contributed by atoms with Gasteiger partial charge in [-0.05, 0) is 36.6 Å². The molecule has 0 atom stereocenters. The predicted octanol–water partition coefficient (Wildman–Crippen LogP) is 5.06. The molecule has 4 rings (SSSR count). The molecule has 3 aromatic carbocycles. The van der Waals surface area contributed by atoms with Crippen LogP contribution in [0.3, 0.4) is 0 Å². The fourth-order valence-electron chi connectivity index (χ4n) is 4.51. The number of carbonyl (C=O) groups excluding carboxylic acids is 1. The molecule has 1 aliphatic rings. The second-order valence-electron chi connectivity index (χ2n) is 8.68.